The molecule has 2 aromatic carbocycles. The Morgan fingerprint density at radius 2 is 2.04 bits per heavy atom. The Labute approximate surface area is 146 Å². The molecule has 0 aliphatic rings. The summed E-state index contributed by atoms with van der Waals surface area (Å²) in [7, 11) is 0. The highest BCUT2D eigenvalue weighted by Crippen LogP contribution is 2.30. The van der Waals surface area contributed by atoms with Crippen LogP contribution in [0.1, 0.15) is 37.3 Å². The maximum absolute atomic E-state index is 12.0. The standard InChI is InChI=1S/C19H22BrNO2/c1-4-14(3)15-8-9-18(17(20)11-15)23-12-19(22)21-16-7-5-6-13(2)10-16/h5-11,14H,4,12H2,1-3H3,(H,21,22). The van der Waals surface area contributed by atoms with Crippen LogP contribution in [0.25, 0.3) is 0 Å². The maximum atomic E-state index is 12.0. The molecule has 122 valence electrons. The van der Waals surface area contributed by atoms with Crippen LogP contribution in [0, 0.1) is 6.92 Å². The summed E-state index contributed by atoms with van der Waals surface area (Å²) in [6.45, 7) is 6.33. The fourth-order valence-corrected chi connectivity index (χ4v) is 2.75. The first-order valence-electron chi connectivity index (χ1n) is 7.78. The highest BCUT2D eigenvalue weighted by atomic mass is 79.9. The summed E-state index contributed by atoms with van der Waals surface area (Å²) in [6, 6.07) is 13.7. The Morgan fingerprint density at radius 1 is 1.26 bits per heavy atom. The molecule has 0 spiro atoms. The van der Waals surface area contributed by atoms with Gasteiger partial charge in [-0.25, -0.2) is 0 Å². The molecule has 1 N–H and O–H groups in total. The lowest BCUT2D eigenvalue weighted by Crippen LogP contribution is -2.20. The fraction of sp³-hybridized carbons (Fsp3) is 0.316. The van der Waals surface area contributed by atoms with Crippen LogP contribution < -0.4 is 10.1 Å². The molecule has 0 radical (unpaired) electrons. The average molecular weight is 376 g/mol. The van der Waals surface area contributed by atoms with Crippen molar-refractivity contribution in [1.29, 1.82) is 0 Å². The van der Waals surface area contributed by atoms with Gasteiger partial charge in [-0.1, -0.05) is 32.0 Å². The predicted molar refractivity (Wildman–Crippen MR) is 98.2 cm³/mol. The van der Waals surface area contributed by atoms with Gasteiger partial charge in [0.1, 0.15) is 5.75 Å². The second-order valence-electron chi connectivity index (χ2n) is 5.71. The molecule has 0 bridgehead atoms. The zero-order chi connectivity index (χ0) is 16.8. The zero-order valence-corrected chi connectivity index (χ0v) is 15.3. The molecule has 1 atom stereocenters. The van der Waals surface area contributed by atoms with Crippen LogP contribution >= 0.6 is 15.9 Å². The molecule has 0 heterocycles. The molecule has 0 aliphatic heterocycles. The Balaban J connectivity index is 1.94. The number of nitrogens with one attached hydrogen (secondary N) is 1. The first-order valence-corrected chi connectivity index (χ1v) is 8.57. The lowest BCUT2D eigenvalue weighted by Gasteiger charge is -2.13. The summed E-state index contributed by atoms with van der Waals surface area (Å²) >= 11 is 3.51. The largest absolute Gasteiger partial charge is 0.483 e. The predicted octanol–water partition coefficient (Wildman–Crippen LogP) is 5.29. The monoisotopic (exact) mass is 375 g/mol. The van der Waals surface area contributed by atoms with Crippen LogP contribution in [0.3, 0.4) is 0 Å². The topological polar surface area (TPSA) is 38.3 Å². The van der Waals surface area contributed by atoms with E-state index in [1.165, 1.54) is 5.56 Å². The Morgan fingerprint density at radius 3 is 2.70 bits per heavy atom. The zero-order valence-electron chi connectivity index (χ0n) is 13.7. The van der Waals surface area contributed by atoms with Crippen LogP contribution in [-0.2, 0) is 4.79 Å². The Bertz CT molecular complexity index is 685. The maximum Gasteiger partial charge on any atom is 0.262 e. The van der Waals surface area contributed by atoms with E-state index in [-0.39, 0.29) is 12.5 Å². The van der Waals surface area contributed by atoms with Crippen molar-refractivity contribution in [2.24, 2.45) is 0 Å². The number of rotatable bonds is 6. The number of carbonyl (C=O) groups excluding carboxylic acids is 1. The molecule has 0 aliphatic carbocycles. The summed E-state index contributed by atoms with van der Waals surface area (Å²) in [6.07, 6.45) is 1.09. The second kappa shape index (κ2) is 8.16. The molecule has 23 heavy (non-hydrogen) atoms. The van der Waals surface area contributed by atoms with Crippen LogP contribution in [0.15, 0.2) is 46.9 Å². The van der Waals surface area contributed by atoms with Crippen molar-refractivity contribution in [3.05, 3.63) is 58.1 Å². The second-order valence-corrected chi connectivity index (χ2v) is 6.56. The molecular formula is C19H22BrNO2. The van der Waals surface area contributed by atoms with Gasteiger partial charge >= 0.3 is 0 Å². The van der Waals surface area contributed by atoms with E-state index in [2.05, 4.69) is 41.2 Å². The minimum absolute atomic E-state index is 0.0186. The van der Waals surface area contributed by atoms with Gasteiger partial charge in [0.2, 0.25) is 0 Å². The smallest absolute Gasteiger partial charge is 0.262 e. The molecule has 4 heteroatoms. The van der Waals surface area contributed by atoms with Crippen molar-refractivity contribution in [2.75, 3.05) is 11.9 Å². The van der Waals surface area contributed by atoms with E-state index in [1.54, 1.807) is 0 Å². The SMILES string of the molecule is CCC(C)c1ccc(OCC(=O)Nc2cccc(C)c2)c(Br)c1. The highest BCUT2D eigenvalue weighted by molar-refractivity contribution is 9.10. The van der Waals surface area contributed by atoms with Crippen LogP contribution in [-0.4, -0.2) is 12.5 Å². The van der Waals surface area contributed by atoms with E-state index in [0.29, 0.717) is 11.7 Å². The molecule has 0 fully saturated rings. The van der Waals surface area contributed by atoms with Crippen molar-refractivity contribution in [3.8, 4) is 5.75 Å². The number of amides is 1. The average Bonchev–Trinajstić information content (AvgIpc) is 2.53. The van der Waals surface area contributed by atoms with Gasteiger partial charge in [0.15, 0.2) is 6.61 Å². The van der Waals surface area contributed by atoms with Gasteiger partial charge in [0.05, 0.1) is 4.47 Å². The van der Waals surface area contributed by atoms with Gasteiger partial charge in [-0.05, 0) is 70.6 Å². The molecule has 0 saturated carbocycles. The van der Waals surface area contributed by atoms with Gasteiger partial charge < -0.3 is 10.1 Å². The minimum Gasteiger partial charge on any atom is -0.483 e. The van der Waals surface area contributed by atoms with E-state index in [4.69, 9.17) is 4.74 Å². The quantitative estimate of drug-likeness (QED) is 0.744. The van der Waals surface area contributed by atoms with Crippen LogP contribution in [0.2, 0.25) is 0 Å². The first kappa shape index (κ1) is 17.5. The van der Waals surface area contributed by atoms with Gasteiger partial charge in [-0.2, -0.15) is 0 Å². The normalized spacial score (nSPS) is 11.8. The fourth-order valence-electron chi connectivity index (χ4n) is 2.24. The Hall–Kier alpha value is -1.81. The number of anilines is 1. The van der Waals surface area contributed by atoms with Gasteiger partial charge in [0.25, 0.3) is 5.91 Å². The summed E-state index contributed by atoms with van der Waals surface area (Å²) in [4.78, 5) is 12.0. The lowest BCUT2D eigenvalue weighted by molar-refractivity contribution is -0.118. The van der Waals surface area contributed by atoms with E-state index >= 15 is 0 Å². The van der Waals surface area contributed by atoms with Crippen molar-refractivity contribution < 1.29 is 9.53 Å². The molecule has 3 nitrogen and oxygen atoms in total. The molecule has 2 rings (SSSR count). The van der Waals surface area contributed by atoms with Crippen LogP contribution in [0.5, 0.6) is 5.75 Å². The van der Waals surface area contributed by atoms with E-state index in [1.807, 2.05) is 43.3 Å². The summed E-state index contributed by atoms with van der Waals surface area (Å²) < 4.78 is 6.48. The molecule has 0 saturated heterocycles. The van der Waals surface area contributed by atoms with Crippen LogP contribution in [0.4, 0.5) is 5.69 Å². The van der Waals surface area contributed by atoms with Crippen molar-refractivity contribution in [2.45, 2.75) is 33.1 Å². The van der Waals surface area contributed by atoms with Gasteiger partial charge in [0, 0.05) is 5.69 Å². The van der Waals surface area contributed by atoms with E-state index in [0.717, 1.165) is 22.1 Å². The number of hydrogen-bond acceptors (Lipinski definition) is 2. The minimum atomic E-state index is -0.173. The van der Waals surface area contributed by atoms with Gasteiger partial charge in [-0.3, -0.25) is 4.79 Å². The number of hydrogen-bond donors (Lipinski definition) is 1. The number of carbonyl (C=O) groups is 1. The third kappa shape index (κ3) is 5.10. The molecular weight excluding hydrogens is 354 g/mol. The number of benzene rings is 2. The van der Waals surface area contributed by atoms with E-state index < -0.39 is 0 Å². The highest BCUT2D eigenvalue weighted by Gasteiger charge is 2.09. The number of halogens is 1. The number of ether oxygens (including phenoxy) is 1. The summed E-state index contributed by atoms with van der Waals surface area (Å²) in [5.41, 5.74) is 3.15. The van der Waals surface area contributed by atoms with Gasteiger partial charge in [-0.15, -0.1) is 0 Å². The third-order valence-electron chi connectivity index (χ3n) is 3.80. The molecule has 1 amide bonds. The number of aryl methyl sites for hydroxylation is 1. The van der Waals surface area contributed by atoms with Crippen molar-refractivity contribution >= 4 is 27.5 Å². The molecule has 1 unspecified atom stereocenters. The summed E-state index contributed by atoms with van der Waals surface area (Å²) in [5.74, 6) is 1.01. The first-order chi connectivity index (χ1) is 11.0. The lowest BCUT2D eigenvalue weighted by atomic mass is 9.99. The van der Waals surface area contributed by atoms with Crippen molar-refractivity contribution in [3.63, 3.8) is 0 Å². The Kier molecular flexibility index (Phi) is 6.22. The molecule has 2 aromatic rings. The van der Waals surface area contributed by atoms with Crippen molar-refractivity contribution in [1.82, 2.24) is 0 Å². The van der Waals surface area contributed by atoms with E-state index in [9.17, 15) is 4.79 Å². The summed E-state index contributed by atoms with van der Waals surface area (Å²) in [5, 5.41) is 2.83. The molecule has 0 aromatic heterocycles. The third-order valence-corrected chi connectivity index (χ3v) is 4.42.